The van der Waals surface area contributed by atoms with E-state index in [9.17, 15) is 27.6 Å². The Labute approximate surface area is 215 Å². The Bertz CT molecular complexity index is 1330. The first kappa shape index (κ1) is 27.7. The zero-order valence-electron chi connectivity index (χ0n) is 20.0. The summed E-state index contributed by atoms with van der Waals surface area (Å²) in [5, 5.41) is 8.52. The maximum atomic E-state index is 12.9. The summed E-state index contributed by atoms with van der Waals surface area (Å²) in [6.07, 6.45) is -3.33. The highest BCUT2D eigenvalue weighted by Gasteiger charge is 2.30. The first-order chi connectivity index (χ1) is 18.2. The van der Waals surface area contributed by atoms with Gasteiger partial charge in [0.25, 0.3) is 5.91 Å². The van der Waals surface area contributed by atoms with E-state index in [1.165, 1.54) is 24.4 Å². The van der Waals surface area contributed by atoms with Gasteiger partial charge in [-0.05, 0) is 49.4 Å². The van der Waals surface area contributed by atoms with E-state index in [4.69, 9.17) is 9.47 Å². The SMILES string of the molecule is CCOc1ccccc1NC(=O)C(=O)NN=Cc1ccccc1OCC(=O)Nc1cccc(C(F)(F)F)c1. The number of benzene rings is 3. The molecule has 3 N–H and O–H groups in total. The predicted octanol–water partition coefficient (Wildman–Crippen LogP) is 4.21. The van der Waals surface area contributed by atoms with E-state index >= 15 is 0 Å². The number of alkyl halides is 3. The molecule has 0 bridgehead atoms. The summed E-state index contributed by atoms with van der Waals surface area (Å²) in [6.45, 7) is 1.65. The second kappa shape index (κ2) is 12.9. The Morgan fingerprint density at radius 1 is 0.868 bits per heavy atom. The smallest absolute Gasteiger partial charge is 0.416 e. The van der Waals surface area contributed by atoms with Crippen LogP contribution in [0, 0.1) is 0 Å². The second-order valence-electron chi connectivity index (χ2n) is 7.54. The number of ether oxygens (including phenoxy) is 2. The normalized spacial score (nSPS) is 11.1. The topological polar surface area (TPSA) is 118 Å². The van der Waals surface area contributed by atoms with Crippen molar-refractivity contribution in [1.82, 2.24) is 5.43 Å². The number of hydrogen-bond donors (Lipinski definition) is 3. The molecule has 0 aromatic heterocycles. The number of nitrogens with zero attached hydrogens (tertiary/aromatic N) is 1. The number of halogens is 3. The molecule has 0 saturated heterocycles. The average Bonchev–Trinajstić information content (AvgIpc) is 2.89. The van der Waals surface area contributed by atoms with Crippen molar-refractivity contribution in [3.8, 4) is 11.5 Å². The van der Waals surface area contributed by atoms with E-state index in [1.54, 1.807) is 49.4 Å². The fraction of sp³-hybridized carbons (Fsp3) is 0.154. The summed E-state index contributed by atoms with van der Waals surface area (Å²) >= 11 is 0. The summed E-state index contributed by atoms with van der Waals surface area (Å²) in [6, 6.07) is 17.2. The molecule has 12 heteroatoms. The third kappa shape index (κ3) is 8.08. The van der Waals surface area contributed by atoms with Gasteiger partial charge >= 0.3 is 18.0 Å². The molecule has 3 aromatic rings. The Morgan fingerprint density at radius 2 is 1.58 bits per heavy atom. The highest BCUT2D eigenvalue weighted by Crippen LogP contribution is 2.30. The Kier molecular flexibility index (Phi) is 9.41. The zero-order chi connectivity index (χ0) is 27.5. The van der Waals surface area contributed by atoms with Crippen molar-refractivity contribution in [2.75, 3.05) is 23.8 Å². The van der Waals surface area contributed by atoms with E-state index in [0.717, 1.165) is 12.1 Å². The standard InChI is InChI=1S/C26H23F3N4O5/c1-2-37-22-13-6-4-11-20(22)32-24(35)25(36)33-30-15-17-8-3-5-12-21(17)38-16-23(34)31-19-10-7-9-18(14-19)26(27,28)29/h3-15H,2,16H2,1H3,(H,31,34)(H,32,35)(H,33,36). The summed E-state index contributed by atoms with van der Waals surface area (Å²) in [5.41, 5.74) is 1.85. The van der Waals surface area contributed by atoms with Crippen molar-refractivity contribution >= 4 is 35.3 Å². The first-order valence-corrected chi connectivity index (χ1v) is 11.2. The number of hydrogen-bond acceptors (Lipinski definition) is 6. The van der Waals surface area contributed by atoms with Crippen LogP contribution in [-0.4, -0.2) is 37.1 Å². The zero-order valence-corrected chi connectivity index (χ0v) is 20.0. The molecular formula is C26H23F3N4O5. The van der Waals surface area contributed by atoms with Crippen LogP contribution in [0.3, 0.4) is 0 Å². The van der Waals surface area contributed by atoms with Gasteiger partial charge in [-0.15, -0.1) is 0 Å². The molecule has 0 spiro atoms. The molecule has 0 atom stereocenters. The molecule has 0 saturated carbocycles. The van der Waals surface area contributed by atoms with Crippen LogP contribution in [-0.2, 0) is 20.6 Å². The van der Waals surface area contributed by atoms with Crippen LogP contribution in [0.5, 0.6) is 11.5 Å². The van der Waals surface area contributed by atoms with Gasteiger partial charge in [0.05, 0.1) is 24.1 Å². The van der Waals surface area contributed by atoms with E-state index in [0.29, 0.717) is 23.6 Å². The fourth-order valence-corrected chi connectivity index (χ4v) is 3.07. The maximum Gasteiger partial charge on any atom is 0.416 e. The van der Waals surface area contributed by atoms with Crippen LogP contribution in [0.4, 0.5) is 24.5 Å². The minimum Gasteiger partial charge on any atom is -0.492 e. The largest absolute Gasteiger partial charge is 0.492 e. The molecule has 9 nitrogen and oxygen atoms in total. The number of carbonyl (C=O) groups excluding carboxylic acids is 3. The molecule has 3 amide bonds. The van der Waals surface area contributed by atoms with E-state index in [2.05, 4.69) is 21.2 Å². The van der Waals surface area contributed by atoms with Crippen molar-refractivity contribution in [2.45, 2.75) is 13.1 Å². The Morgan fingerprint density at radius 3 is 2.32 bits per heavy atom. The van der Waals surface area contributed by atoms with Crippen molar-refractivity contribution in [3.63, 3.8) is 0 Å². The van der Waals surface area contributed by atoms with Gasteiger partial charge in [0.1, 0.15) is 11.5 Å². The molecule has 0 fully saturated rings. The van der Waals surface area contributed by atoms with Gasteiger partial charge in [-0.3, -0.25) is 14.4 Å². The second-order valence-corrected chi connectivity index (χ2v) is 7.54. The minimum absolute atomic E-state index is 0.0341. The molecule has 0 unspecified atom stereocenters. The summed E-state index contributed by atoms with van der Waals surface area (Å²) < 4.78 is 49.4. The van der Waals surface area contributed by atoms with E-state index in [1.807, 2.05) is 0 Å². The monoisotopic (exact) mass is 528 g/mol. The molecule has 0 aliphatic carbocycles. The molecule has 0 radical (unpaired) electrons. The Hall–Kier alpha value is -4.87. The average molecular weight is 528 g/mol. The van der Waals surface area contributed by atoms with Crippen LogP contribution in [0.25, 0.3) is 0 Å². The Balaban J connectivity index is 1.55. The van der Waals surface area contributed by atoms with Crippen LogP contribution in [0.2, 0.25) is 0 Å². The molecule has 198 valence electrons. The summed E-state index contributed by atoms with van der Waals surface area (Å²) in [4.78, 5) is 36.5. The predicted molar refractivity (Wildman–Crippen MR) is 134 cm³/mol. The van der Waals surface area contributed by atoms with Crippen molar-refractivity contribution < 1.29 is 37.0 Å². The lowest BCUT2D eigenvalue weighted by atomic mass is 10.2. The number of anilines is 2. The van der Waals surface area contributed by atoms with Crippen molar-refractivity contribution in [3.05, 3.63) is 83.9 Å². The number of carbonyl (C=O) groups is 3. The fourth-order valence-electron chi connectivity index (χ4n) is 3.07. The van der Waals surface area contributed by atoms with Crippen LogP contribution < -0.4 is 25.5 Å². The highest BCUT2D eigenvalue weighted by atomic mass is 19.4. The van der Waals surface area contributed by atoms with Crippen molar-refractivity contribution in [1.29, 1.82) is 0 Å². The van der Waals surface area contributed by atoms with Crippen LogP contribution >= 0.6 is 0 Å². The van der Waals surface area contributed by atoms with Gasteiger partial charge < -0.3 is 20.1 Å². The van der Waals surface area contributed by atoms with Gasteiger partial charge in [0.2, 0.25) is 0 Å². The van der Waals surface area contributed by atoms with Gasteiger partial charge in [-0.2, -0.15) is 18.3 Å². The lowest BCUT2D eigenvalue weighted by Gasteiger charge is -2.11. The van der Waals surface area contributed by atoms with Gasteiger partial charge in [0.15, 0.2) is 6.61 Å². The molecule has 38 heavy (non-hydrogen) atoms. The first-order valence-electron chi connectivity index (χ1n) is 11.2. The lowest BCUT2D eigenvalue weighted by molar-refractivity contribution is -0.137. The van der Waals surface area contributed by atoms with E-state index < -0.39 is 36.1 Å². The number of rotatable bonds is 9. The van der Waals surface area contributed by atoms with Gasteiger partial charge in [0, 0.05) is 11.3 Å². The van der Waals surface area contributed by atoms with Crippen molar-refractivity contribution in [2.24, 2.45) is 5.10 Å². The molecule has 3 rings (SSSR count). The lowest BCUT2D eigenvalue weighted by Crippen LogP contribution is -2.32. The third-order valence-electron chi connectivity index (χ3n) is 4.76. The minimum atomic E-state index is -4.54. The molecule has 3 aromatic carbocycles. The summed E-state index contributed by atoms with van der Waals surface area (Å²) in [7, 11) is 0. The molecule has 0 heterocycles. The quantitative estimate of drug-likeness (QED) is 0.219. The molecule has 0 aliphatic heterocycles. The van der Waals surface area contributed by atoms with E-state index in [-0.39, 0.29) is 11.4 Å². The molecular weight excluding hydrogens is 505 g/mol. The maximum absolute atomic E-state index is 12.9. The molecule has 0 aliphatic rings. The van der Waals surface area contributed by atoms with Crippen LogP contribution in [0.15, 0.2) is 77.9 Å². The summed E-state index contributed by atoms with van der Waals surface area (Å²) in [5.74, 6) is -2.08. The number of nitrogens with one attached hydrogen (secondary N) is 3. The third-order valence-corrected chi connectivity index (χ3v) is 4.76. The number of amides is 3. The van der Waals surface area contributed by atoms with Gasteiger partial charge in [-0.25, -0.2) is 5.43 Å². The number of hydrazone groups is 1. The highest BCUT2D eigenvalue weighted by molar-refractivity contribution is 6.39. The van der Waals surface area contributed by atoms with Gasteiger partial charge in [-0.1, -0.05) is 30.3 Å². The van der Waals surface area contributed by atoms with Crippen LogP contribution in [0.1, 0.15) is 18.1 Å². The number of para-hydroxylation sites is 3.